The van der Waals surface area contributed by atoms with E-state index in [9.17, 15) is 4.79 Å². The van der Waals surface area contributed by atoms with Gasteiger partial charge in [0.2, 0.25) is 0 Å². The molecule has 102 valence electrons. The summed E-state index contributed by atoms with van der Waals surface area (Å²) >= 11 is 8.68. The Morgan fingerprint density at radius 1 is 1.37 bits per heavy atom. The van der Waals surface area contributed by atoms with Gasteiger partial charge < -0.3 is 10.1 Å². The highest BCUT2D eigenvalue weighted by Crippen LogP contribution is 2.28. The van der Waals surface area contributed by atoms with E-state index in [0.29, 0.717) is 16.6 Å². The molecule has 8 heteroatoms. The van der Waals surface area contributed by atoms with Gasteiger partial charge in [0, 0.05) is 4.88 Å². The summed E-state index contributed by atoms with van der Waals surface area (Å²) in [4.78, 5) is 21.4. The lowest BCUT2D eigenvalue weighted by atomic mass is 10.4. The maximum absolute atomic E-state index is 11.4. The van der Waals surface area contributed by atoms with Crippen molar-refractivity contribution >= 4 is 45.4 Å². The number of anilines is 1. The second kappa shape index (κ2) is 5.85. The van der Waals surface area contributed by atoms with Crippen molar-refractivity contribution in [3.63, 3.8) is 0 Å². The van der Waals surface area contributed by atoms with Gasteiger partial charge in [-0.1, -0.05) is 22.9 Å². The van der Waals surface area contributed by atoms with Gasteiger partial charge in [-0.15, -0.1) is 11.3 Å². The smallest absolute Gasteiger partial charge is 0.351 e. The summed E-state index contributed by atoms with van der Waals surface area (Å²) in [6.45, 7) is 4.57. The molecule has 0 aliphatic rings. The molecule has 0 atom stereocenters. The predicted molar refractivity (Wildman–Crippen MR) is 77.4 cm³/mol. The zero-order valence-electron chi connectivity index (χ0n) is 10.6. The zero-order valence-corrected chi connectivity index (χ0v) is 13.0. The molecular formula is C11H12ClN3O2S2. The van der Waals surface area contributed by atoms with Gasteiger partial charge in [0.25, 0.3) is 0 Å². The molecular weight excluding hydrogens is 306 g/mol. The van der Waals surface area contributed by atoms with Gasteiger partial charge in [0.1, 0.15) is 5.01 Å². The number of esters is 1. The van der Waals surface area contributed by atoms with Crippen LogP contribution in [0.1, 0.15) is 25.3 Å². The summed E-state index contributed by atoms with van der Waals surface area (Å²) in [6, 6.07) is 0. The number of aryl methyl sites for hydroxylation is 2. The number of hydrogen-bond donors (Lipinski definition) is 1. The van der Waals surface area contributed by atoms with E-state index in [1.807, 2.05) is 13.8 Å². The fourth-order valence-electron chi connectivity index (χ4n) is 1.36. The number of nitrogens with one attached hydrogen (secondary N) is 1. The maximum atomic E-state index is 11.4. The highest BCUT2D eigenvalue weighted by Gasteiger charge is 2.17. The Labute approximate surface area is 123 Å². The van der Waals surface area contributed by atoms with E-state index in [4.69, 9.17) is 11.6 Å². The average molecular weight is 318 g/mol. The molecule has 0 spiro atoms. The zero-order chi connectivity index (χ0) is 14.0. The number of aromatic nitrogens is 2. The predicted octanol–water partition coefficient (Wildman–Crippen LogP) is 3.27. The first-order valence-electron chi connectivity index (χ1n) is 5.42. The summed E-state index contributed by atoms with van der Waals surface area (Å²) in [7, 11) is 1.31. The highest BCUT2D eigenvalue weighted by molar-refractivity contribution is 7.18. The molecule has 2 rings (SSSR count). The van der Waals surface area contributed by atoms with Gasteiger partial charge in [-0.05, 0) is 13.8 Å². The fraction of sp³-hybridized carbons (Fsp3) is 0.364. The second-order valence-electron chi connectivity index (χ2n) is 3.73. The minimum absolute atomic E-state index is 0.158. The summed E-state index contributed by atoms with van der Waals surface area (Å²) in [5.74, 6) is -0.475. The first-order chi connectivity index (χ1) is 9.01. The third-order valence-corrected chi connectivity index (χ3v) is 4.87. The number of halogens is 1. The number of ether oxygens (including phenoxy) is 1. The minimum atomic E-state index is -0.475. The van der Waals surface area contributed by atoms with E-state index < -0.39 is 5.97 Å². The van der Waals surface area contributed by atoms with E-state index in [1.54, 1.807) is 11.3 Å². The van der Waals surface area contributed by atoms with Crippen LogP contribution in [0.3, 0.4) is 0 Å². The lowest BCUT2D eigenvalue weighted by Gasteiger charge is -1.97. The molecule has 0 unspecified atom stereocenters. The average Bonchev–Trinajstić information content (AvgIpc) is 2.90. The summed E-state index contributed by atoms with van der Waals surface area (Å²) in [5.41, 5.74) is 1.04. The van der Waals surface area contributed by atoms with Crippen LogP contribution in [-0.4, -0.2) is 23.0 Å². The van der Waals surface area contributed by atoms with E-state index >= 15 is 0 Å². The van der Waals surface area contributed by atoms with Crippen molar-refractivity contribution in [2.75, 3.05) is 12.4 Å². The molecule has 2 aromatic heterocycles. The highest BCUT2D eigenvalue weighted by atomic mass is 35.5. The second-order valence-corrected chi connectivity index (χ2v) is 6.38. The third kappa shape index (κ3) is 3.23. The number of carbonyl (C=O) groups excluding carboxylic acids is 1. The number of methoxy groups -OCH3 is 1. The largest absolute Gasteiger partial charge is 0.465 e. The van der Waals surface area contributed by atoms with Crippen molar-refractivity contribution in [2.45, 2.75) is 20.4 Å². The van der Waals surface area contributed by atoms with E-state index in [2.05, 4.69) is 20.0 Å². The Kier molecular flexibility index (Phi) is 4.38. The molecule has 0 aromatic carbocycles. The van der Waals surface area contributed by atoms with E-state index in [-0.39, 0.29) is 5.15 Å². The van der Waals surface area contributed by atoms with Crippen molar-refractivity contribution in [2.24, 2.45) is 0 Å². The van der Waals surface area contributed by atoms with Gasteiger partial charge >= 0.3 is 5.97 Å². The van der Waals surface area contributed by atoms with Gasteiger partial charge in [-0.25, -0.2) is 14.8 Å². The number of nitrogens with zero attached hydrogens (tertiary/aromatic N) is 2. The van der Waals surface area contributed by atoms with E-state index in [1.165, 1.54) is 23.3 Å². The van der Waals surface area contributed by atoms with Crippen LogP contribution >= 0.6 is 34.3 Å². The normalized spacial score (nSPS) is 10.5. The Hall–Kier alpha value is -1.18. The van der Waals surface area contributed by atoms with Gasteiger partial charge in [-0.2, -0.15) is 0 Å². The molecule has 19 heavy (non-hydrogen) atoms. The van der Waals surface area contributed by atoms with Gasteiger partial charge in [0.05, 0.1) is 19.3 Å². The van der Waals surface area contributed by atoms with Crippen molar-refractivity contribution in [1.82, 2.24) is 9.97 Å². The Morgan fingerprint density at radius 3 is 2.68 bits per heavy atom. The van der Waals surface area contributed by atoms with Crippen molar-refractivity contribution < 1.29 is 9.53 Å². The number of rotatable bonds is 4. The molecule has 0 saturated carbocycles. The van der Waals surface area contributed by atoms with Crippen molar-refractivity contribution in [3.05, 3.63) is 25.6 Å². The van der Waals surface area contributed by atoms with Crippen LogP contribution in [0.5, 0.6) is 0 Å². The molecule has 0 saturated heterocycles. The summed E-state index contributed by atoms with van der Waals surface area (Å²) in [5, 5.41) is 4.82. The Morgan fingerprint density at radius 2 is 2.11 bits per heavy atom. The molecule has 2 heterocycles. The fourth-order valence-corrected chi connectivity index (χ4v) is 3.33. The molecule has 0 aliphatic heterocycles. The monoisotopic (exact) mass is 317 g/mol. The number of carbonyl (C=O) groups is 1. The topological polar surface area (TPSA) is 64.1 Å². The van der Waals surface area contributed by atoms with Crippen molar-refractivity contribution in [1.29, 1.82) is 0 Å². The molecule has 5 nitrogen and oxygen atoms in total. The Balaban J connectivity index is 2.06. The standard InChI is InChI=1S/C11H12ClN3O2S2/c1-5-6(2)18-7(14-5)4-13-11-15-9(12)8(19-11)10(16)17-3/h4H2,1-3H3,(H,13,15). The molecule has 1 N–H and O–H groups in total. The molecule has 2 aromatic rings. The number of hydrogen-bond acceptors (Lipinski definition) is 7. The quantitative estimate of drug-likeness (QED) is 0.877. The minimum Gasteiger partial charge on any atom is -0.465 e. The van der Waals surface area contributed by atoms with Gasteiger partial charge in [-0.3, -0.25) is 0 Å². The van der Waals surface area contributed by atoms with Crippen LogP contribution in [-0.2, 0) is 11.3 Å². The van der Waals surface area contributed by atoms with Crippen LogP contribution in [0.25, 0.3) is 0 Å². The lowest BCUT2D eigenvalue weighted by Crippen LogP contribution is -1.98. The lowest BCUT2D eigenvalue weighted by molar-refractivity contribution is 0.0606. The third-order valence-electron chi connectivity index (χ3n) is 2.42. The van der Waals surface area contributed by atoms with Gasteiger partial charge in [0.15, 0.2) is 15.2 Å². The first kappa shape index (κ1) is 14.2. The number of thiazole rings is 2. The SMILES string of the molecule is COC(=O)c1sc(NCc2nc(C)c(C)s2)nc1Cl. The first-order valence-corrected chi connectivity index (χ1v) is 7.43. The maximum Gasteiger partial charge on any atom is 0.351 e. The van der Waals surface area contributed by atoms with Crippen LogP contribution in [0, 0.1) is 13.8 Å². The molecule has 0 aliphatic carbocycles. The van der Waals surface area contributed by atoms with Crippen LogP contribution in [0.15, 0.2) is 0 Å². The summed E-state index contributed by atoms with van der Waals surface area (Å²) < 4.78 is 4.62. The van der Waals surface area contributed by atoms with E-state index in [0.717, 1.165) is 10.7 Å². The van der Waals surface area contributed by atoms with Crippen LogP contribution in [0.2, 0.25) is 5.15 Å². The molecule has 0 fully saturated rings. The van der Waals surface area contributed by atoms with Crippen LogP contribution in [0.4, 0.5) is 5.13 Å². The Bertz CT molecular complexity index is 590. The molecule has 0 bridgehead atoms. The molecule has 0 radical (unpaired) electrons. The summed E-state index contributed by atoms with van der Waals surface area (Å²) in [6.07, 6.45) is 0. The van der Waals surface area contributed by atoms with Crippen LogP contribution < -0.4 is 5.32 Å². The molecule has 0 amide bonds. The van der Waals surface area contributed by atoms with Crippen molar-refractivity contribution in [3.8, 4) is 0 Å².